The molecule has 2 heterocycles. The molecule has 0 spiro atoms. The van der Waals surface area contributed by atoms with E-state index in [0.717, 1.165) is 13.0 Å². The zero-order valence-corrected chi connectivity index (χ0v) is 11.8. The van der Waals surface area contributed by atoms with E-state index in [0.29, 0.717) is 25.0 Å². The lowest BCUT2D eigenvalue weighted by atomic mass is 9.82. The van der Waals surface area contributed by atoms with Crippen molar-refractivity contribution in [2.75, 3.05) is 19.7 Å². The summed E-state index contributed by atoms with van der Waals surface area (Å²) in [5, 5.41) is 0. The predicted molar refractivity (Wildman–Crippen MR) is 67.9 cm³/mol. The molecular formula is C14H26FNO. The summed E-state index contributed by atoms with van der Waals surface area (Å²) in [5.41, 5.74) is 0.110. The van der Waals surface area contributed by atoms with E-state index in [1.807, 2.05) is 0 Å². The lowest BCUT2D eigenvalue weighted by Gasteiger charge is -2.34. The predicted octanol–water partition coefficient (Wildman–Crippen LogP) is 3.01. The molecule has 2 aliphatic heterocycles. The highest BCUT2D eigenvalue weighted by Gasteiger charge is 2.55. The van der Waals surface area contributed by atoms with E-state index in [1.54, 1.807) is 0 Å². The lowest BCUT2D eigenvalue weighted by Crippen LogP contribution is -2.44. The SMILES string of the molecule is CC1(C)CN2C[C@H](F)C[C@]2(COC(C)(C)C)C1. The van der Waals surface area contributed by atoms with Gasteiger partial charge in [0.25, 0.3) is 0 Å². The Balaban J connectivity index is 2.09. The van der Waals surface area contributed by atoms with Crippen LogP contribution in [-0.4, -0.2) is 41.9 Å². The minimum atomic E-state index is -0.672. The molecule has 3 heteroatoms. The van der Waals surface area contributed by atoms with Gasteiger partial charge in [-0.2, -0.15) is 0 Å². The molecule has 100 valence electrons. The van der Waals surface area contributed by atoms with Gasteiger partial charge in [0.2, 0.25) is 0 Å². The largest absolute Gasteiger partial charge is 0.374 e. The van der Waals surface area contributed by atoms with Gasteiger partial charge in [0.05, 0.1) is 12.2 Å². The summed E-state index contributed by atoms with van der Waals surface area (Å²) in [5.74, 6) is 0. The summed E-state index contributed by atoms with van der Waals surface area (Å²) >= 11 is 0. The Morgan fingerprint density at radius 1 is 1.35 bits per heavy atom. The maximum Gasteiger partial charge on any atom is 0.115 e. The Morgan fingerprint density at radius 3 is 2.59 bits per heavy atom. The van der Waals surface area contributed by atoms with Crippen molar-refractivity contribution in [1.82, 2.24) is 4.90 Å². The first kappa shape index (κ1) is 13.3. The molecule has 2 rings (SSSR count). The van der Waals surface area contributed by atoms with Crippen molar-refractivity contribution in [1.29, 1.82) is 0 Å². The molecule has 0 aromatic rings. The molecule has 17 heavy (non-hydrogen) atoms. The highest BCUT2D eigenvalue weighted by molar-refractivity contribution is 5.09. The van der Waals surface area contributed by atoms with Gasteiger partial charge in [-0.15, -0.1) is 0 Å². The van der Waals surface area contributed by atoms with E-state index >= 15 is 0 Å². The van der Waals surface area contributed by atoms with Crippen molar-refractivity contribution in [3.63, 3.8) is 0 Å². The summed E-state index contributed by atoms with van der Waals surface area (Å²) in [4.78, 5) is 2.32. The number of ether oxygens (including phenoxy) is 1. The van der Waals surface area contributed by atoms with E-state index in [4.69, 9.17) is 4.74 Å². The Kier molecular flexibility index (Phi) is 3.07. The van der Waals surface area contributed by atoms with Crippen molar-refractivity contribution in [2.24, 2.45) is 5.41 Å². The van der Waals surface area contributed by atoms with Crippen molar-refractivity contribution >= 4 is 0 Å². The molecular weight excluding hydrogens is 217 g/mol. The monoisotopic (exact) mass is 243 g/mol. The second-order valence-corrected chi connectivity index (χ2v) is 7.65. The first-order valence-corrected chi connectivity index (χ1v) is 6.65. The minimum absolute atomic E-state index is 0.0454. The van der Waals surface area contributed by atoms with Crippen LogP contribution in [0, 0.1) is 5.41 Å². The quantitative estimate of drug-likeness (QED) is 0.739. The molecule has 0 bridgehead atoms. The van der Waals surface area contributed by atoms with Gasteiger partial charge in [0.1, 0.15) is 6.17 Å². The fourth-order valence-corrected chi connectivity index (χ4v) is 3.47. The molecule has 2 saturated heterocycles. The second-order valence-electron chi connectivity index (χ2n) is 7.65. The number of alkyl halides is 1. The summed E-state index contributed by atoms with van der Waals surface area (Å²) in [6.07, 6.45) is 1.03. The summed E-state index contributed by atoms with van der Waals surface area (Å²) in [7, 11) is 0. The number of nitrogens with zero attached hydrogens (tertiary/aromatic N) is 1. The van der Waals surface area contributed by atoms with Gasteiger partial charge in [-0.05, 0) is 32.6 Å². The van der Waals surface area contributed by atoms with Crippen LogP contribution in [0.15, 0.2) is 0 Å². The van der Waals surface area contributed by atoms with Crippen molar-refractivity contribution in [3.05, 3.63) is 0 Å². The molecule has 2 aliphatic rings. The van der Waals surface area contributed by atoms with Crippen LogP contribution in [0.25, 0.3) is 0 Å². The molecule has 0 aromatic heterocycles. The number of rotatable bonds is 2. The fraction of sp³-hybridized carbons (Fsp3) is 1.00. The van der Waals surface area contributed by atoms with Gasteiger partial charge in [0, 0.05) is 25.0 Å². The molecule has 0 N–H and O–H groups in total. The lowest BCUT2D eigenvalue weighted by molar-refractivity contribution is -0.0530. The highest BCUT2D eigenvalue weighted by atomic mass is 19.1. The highest BCUT2D eigenvalue weighted by Crippen LogP contribution is 2.48. The fourth-order valence-electron chi connectivity index (χ4n) is 3.47. The smallest absolute Gasteiger partial charge is 0.115 e. The number of hydrogen-bond donors (Lipinski definition) is 0. The third kappa shape index (κ3) is 2.82. The molecule has 2 nitrogen and oxygen atoms in total. The normalized spacial score (nSPS) is 37.4. The molecule has 2 fully saturated rings. The van der Waals surface area contributed by atoms with Crippen LogP contribution < -0.4 is 0 Å². The Bertz CT molecular complexity index is 297. The number of hydrogen-bond acceptors (Lipinski definition) is 2. The number of fused-ring (bicyclic) bond motifs is 1. The molecule has 2 atom stereocenters. The van der Waals surface area contributed by atoms with Crippen LogP contribution in [0.3, 0.4) is 0 Å². The van der Waals surface area contributed by atoms with E-state index < -0.39 is 6.17 Å². The van der Waals surface area contributed by atoms with Crippen LogP contribution in [0.1, 0.15) is 47.5 Å². The average molecular weight is 243 g/mol. The van der Waals surface area contributed by atoms with E-state index in [9.17, 15) is 4.39 Å². The van der Waals surface area contributed by atoms with Gasteiger partial charge in [0.15, 0.2) is 0 Å². The van der Waals surface area contributed by atoms with Crippen LogP contribution in [0.4, 0.5) is 4.39 Å². The topological polar surface area (TPSA) is 12.5 Å². The van der Waals surface area contributed by atoms with Crippen molar-refractivity contribution < 1.29 is 9.13 Å². The van der Waals surface area contributed by atoms with Crippen LogP contribution in [0.2, 0.25) is 0 Å². The third-order valence-corrected chi connectivity index (χ3v) is 3.89. The maximum atomic E-state index is 13.7. The second kappa shape index (κ2) is 3.92. The first-order valence-electron chi connectivity index (χ1n) is 6.65. The van der Waals surface area contributed by atoms with E-state index in [-0.39, 0.29) is 11.1 Å². The van der Waals surface area contributed by atoms with Crippen LogP contribution >= 0.6 is 0 Å². The summed E-state index contributed by atoms with van der Waals surface area (Å²) in [6, 6.07) is 0. The zero-order chi connectivity index (χ0) is 12.9. The van der Waals surface area contributed by atoms with Gasteiger partial charge < -0.3 is 4.74 Å². The Morgan fingerprint density at radius 2 is 2.00 bits per heavy atom. The van der Waals surface area contributed by atoms with E-state index in [1.165, 1.54) is 0 Å². The van der Waals surface area contributed by atoms with Gasteiger partial charge in [-0.25, -0.2) is 4.39 Å². The third-order valence-electron chi connectivity index (χ3n) is 3.89. The summed E-state index contributed by atoms with van der Waals surface area (Å²) in [6.45, 7) is 13.0. The molecule has 0 aromatic carbocycles. The van der Waals surface area contributed by atoms with E-state index in [2.05, 4.69) is 39.5 Å². The van der Waals surface area contributed by atoms with Gasteiger partial charge >= 0.3 is 0 Å². The molecule has 0 amide bonds. The van der Waals surface area contributed by atoms with Crippen molar-refractivity contribution in [2.45, 2.75) is 64.8 Å². The summed E-state index contributed by atoms with van der Waals surface area (Å²) < 4.78 is 19.6. The van der Waals surface area contributed by atoms with Crippen LogP contribution in [-0.2, 0) is 4.74 Å². The van der Waals surface area contributed by atoms with Crippen molar-refractivity contribution in [3.8, 4) is 0 Å². The maximum absolute atomic E-state index is 13.7. The number of halogens is 1. The Hall–Kier alpha value is -0.150. The molecule has 0 radical (unpaired) electrons. The molecule has 0 saturated carbocycles. The zero-order valence-electron chi connectivity index (χ0n) is 11.8. The van der Waals surface area contributed by atoms with Gasteiger partial charge in [-0.3, -0.25) is 4.90 Å². The molecule has 0 aliphatic carbocycles. The minimum Gasteiger partial charge on any atom is -0.374 e. The average Bonchev–Trinajstić information content (AvgIpc) is 2.48. The van der Waals surface area contributed by atoms with Gasteiger partial charge in [-0.1, -0.05) is 13.8 Å². The molecule has 0 unspecified atom stereocenters. The first-order chi connectivity index (χ1) is 7.62. The van der Waals surface area contributed by atoms with Crippen LogP contribution in [0.5, 0.6) is 0 Å². The standard InChI is InChI=1S/C14H26FNO/c1-12(2,3)17-10-14-6-11(15)7-16(14)9-13(4,5)8-14/h11H,6-10H2,1-5H3/t11-,14-/m1/s1. The Labute approximate surface area is 105 Å².